The fourth-order valence-electron chi connectivity index (χ4n) is 2.42. The van der Waals surface area contributed by atoms with Gasteiger partial charge in [0.15, 0.2) is 0 Å². The van der Waals surface area contributed by atoms with Crippen molar-refractivity contribution in [2.24, 2.45) is 5.84 Å². The van der Waals surface area contributed by atoms with Crippen LogP contribution in [0.1, 0.15) is 28.3 Å². The minimum absolute atomic E-state index is 0.0222. The number of rotatable bonds is 4. The maximum atomic E-state index is 6.23. The van der Waals surface area contributed by atoms with Gasteiger partial charge in [-0.1, -0.05) is 58.6 Å². The molecule has 0 aliphatic carbocycles. The van der Waals surface area contributed by atoms with Crippen LogP contribution in [0.4, 0.5) is 0 Å². The molecule has 0 radical (unpaired) electrons. The number of hydrogen-bond donors (Lipinski definition) is 2. The molecule has 2 aromatic rings. The molecule has 2 nitrogen and oxygen atoms in total. The molecule has 3 N–H and O–H groups in total. The smallest absolute Gasteiger partial charge is 0.0501 e. The Morgan fingerprint density at radius 2 is 1.60 bits per heavy atom. The zero-order valence-corrected chi connectivity index (χ0v) is 13.1. The average molecular weight is 309 g/mol. The van der Waals surface area contributed by atoms with E-state index in [-0.39, 0.29) is 6.04 Å². The van der Waals surface area contributed by atoms with E-state index >= 15 is 0 Å². The van der Waals surface area contributed by atoms with Gasteiger partial charge in [0.05, 0.1) is 6.04 Å². The number of aryl methyl sites for hydroxylation is 2. The number of nitrogens with two attached hydrogens (primary N) is 1. The monoisotopic (exact) mass is 308 g/mol. The van der Waals surface area contributed by atoms with Crippen molar-refractivity contribution >= 4 is 23.2 Å². The van der Waals surface area contributed by atoms with Gasteiger partial charge in [0.2, 0.25) is 0 Å². The van der Waals surface area contributed by atoms with Crippen LogP contribution in [0.25, 0.3) is 0 Å². The standard InChI is InChI=1S/C16H18Cl2N2/c1-10-6-11(2)8-12(7-10)16(20-19)9-13-14(17)4-3-5-15(13)18/h3-8,16,20H,9,19H2,1-2H3. The van der Waals surface area contributed by atoms with Gasteiger partial charge in [0, 0.05) is 10.0 Å². The molecule has 0 fully saturated rings. The minimum atomic E-state index is -0.0222. The topological polar surface area (TPSA) is 38.0 Å². The Labute approximate surface area is 129 Å². The van der Waals surface area contributed by atoms with Crippen LogP contribution in [0.15, 0.2) is 36.4 Å². The van der Waals surface area contributed by atoms with Gasteiger partial charge in [-0.2, -0.15) is 0 Å². The summed E-state index contributed by atoms with van der Waals surface area (Å²) in [6.07, 6.45) is 0.651. The van der Waals surface area contributed by atoms with Crippen molar-refractivity contribution in [3.05, 3.63) is 68.7 Å². The van der Waals surface area contributed by atoms with Crippen LogP contribution < -0.4 is 11.3 Å². The highest BCUT2D eigenvalue weighted by atomic mass is 35.5. The predicted octanol–water partition coefficient (Wildman–Crippen LogP) is 4.36. The predicted molar refractivity (Wildman–Crippen MR) is 86.1 cm³/mol. The second-order valence-electron chi connectivity index (χ2n) is 5.04. The fraction of sp³-hybridized carbons (Fsp3) is 0.250. The first kappa shape index (κ1) is 15.3. The quantitative estimate of drug-likeness (QED) is 0.650. The molecule has 0 spiro atoms. The molecule has 0 aromatic heterocycles. The van der Waals surface area contributed by atoms with E-state index in [0.717, 1.165) is 11.1 Å². The maximum Gasteiger partial charge on any atom is 0.0501 e. The van der Waals surface area contributed by atoms with Gasteiger partial charge in [-0.05, 0) is 43.5 Å². The van der Waals surface area contributed by atoms with Crippen molar-refractivity contribution < 1.29 is 0 Å². The Morgan fingerprint density at radius 3 is 2.10 bits per heavy atom. The van der Waals surface area contributed by atoms with Crippen molar-refractivity contribution in [3.63, 3.8) is 0 Å². The van der Waals surface area contributed by atoms with Crippen LogP contribution in [0, 0.1) is 13.8 Å². The van der Waals surface area contributed by atoms with E-state index in [1.807, 2.05) is 18.2 Å². The molecule has 0 aliphatic heterocycles. The Bertz CT molecular complexity index is 571. The summed E-state index contributed by atoms with van der Waals surface area (Å²) < 4.78 is 0. The lowest BCUT2D eigenvalue weighted by Gasteiger charge is -2.19. The number of benzene rings is 2. The van der Waals surface area contributed by atoms with Gasteiger partial charge in [0.25, 0.3) is 0 Å². The van der Waals surface area contributed by atoms with Crippen LogP contribution >= 0.6 is 23.2 Å². The highest BCUT2D eigenvalue weighted by molar-refractivity contribution is 6.36. The maximum absolute atomic E-state index is 6.23. The van der Waals surface area contributed by atoms with Crippen LogP contribution in [0.5, 0.6) is 0 Å². The van der Waals surface area contributed by atoms with E-state index in [0.29, 0.717) is 16.5 Å². The van der Waals surface area contributed by atoms with E-state index in [1.165, 1.54) is 11.1 Å². The molecule has 0 amide bonds. The summed E-state index contributed by atoms with van der Waals surface area (Å²) in [6, 6.07) is 11.9. The van der Waals surface area contributed by atoms with Crippen molar-refractivity contribution in [1.82, 2.24) is 5.43 Å². The molecule has 1 atom stereocenters. The summed E-state index contributed by atoms with van der Waals surface area (Å²) in [5.74, 6) is 5.72. The summed E-state index contributed by atoms with van der Waals surface area (Å²) in [5.41, 5.74) is 7.34. The number of hydrazine groups is 1. The van der Waals surface area contributed by atoms with Crippen molar-refractivity contribution in [3.8, 4) is 0 Å². The van der Waals surface area contributed by atoms with Gasteiger partial charge in [-0.3, -0.25) is 11.3 Å². The van der Waals surface area contributed by atoms with Crippen LogP contribution in [-0.2, 0) is 6.42 Å². The number of hydrogen-bond acceptors (Lipinski definition) is 2. The van der Waals surface area contributed by atoms with Gasteiger partial charge >= 0.3 is 0 Å². The van der Waals surface area contributed by atoms with Crippen molar-refractivity contribution in [1.29, 1.82) is 0 Å². The van der Waals surface area contributed by atoms with Gasteiger partial charge in [-0.25, -0.2) is 0 Å². The van der Waals surface area contributed by atoms with E-state index in [1.54, 1.807) is 0 Å². The molecule has 1 unspecified atom stereocenters. The number of nitrogens with one attached hydrogen (secondary N) is 1. The average Bonchev–Trinajstić information content (AvgIpc) is 2.37. The van der Waals surface area contributed by atoms with E-state index < -0.39 is 0 Å². The lowest BCUT2D eigenvalue weighted by Crippen LogP contribution is -2.29. The Kier molecular flexibility index (Phi) is 5.06. The molecule has 0 heterocycles. The highest BCUT2D eigenvalue weighted by Crippen LogP contribution is 2.29. The zero-order chi connectivity index (χ0) is 14.7. The van der Waals surface area contributed by atoms with Gasteiger partial charge in [0.1, 0.15) is 0 Å². The summed E-state index contributed by atoms with van der Waals surface area (Å²) in [6.45, 7) is 4.15. The molecular formula is C16H18Cl2N2. The third kappa shape index (κ3) is 3.53. The molecule has 0 saturated heterocycles. The van der Waals surface area contributed by atoms with Crippen LogP contribution in [-0.4, -0.2) is 0 Å². The Balaban J connectivity index is 2.33. The van der Waals surface area contributed by atoms with Crippen molar-refractivity contribution in [2.75, 3.05) is 0 Å². The summed E-state index contributed by atoms with van der Waals surface area (Å²) in [5, 5.41) is 1.34. The first-order valence-corrected chi connectivity index (χ1v) is 7.24. The first-order valence-electron chi connectivity index (χ1n) is 6.48. The molecule has 4 heteroatoms. The minimum Gasteiger partial charge on any atom is -0.271 e. The molecule has 20 heavy (non-hydrogen) atoms. The third-order valence-corrected chi connectivity index (χ3v) is 4.03. The Morgan fingerprint density at radius 1 is 1.05 bits per heavy atom. The molecule has 2 rings (SSSR count). The molecule has 0 saturated carbocycles. The molecule has 106 valence electrons. The first-order chi connectivity index (χ1) is 9.51. The zero-order valence-electron chi connectivity index (χ0n) is 11.6. The van der Waals surface area contributed by atoms with E-state index in [9.17, 15) is 0 Å². The van der Waals surface area contributed by atoms with Crippen LogP contribution in [0.2, 0.25) is 10.0 Å². The van der Waals surface area contributed by atoms with E-state index in [4.69, 9.17) is 29.0 Å². The van der Waals surface area contributed by atoms with Crippen molar-refractivity contribution in [2.45, 2.75) is 26.3 Å². The largest absolute Gasteiger partial charge is 0.271 e. The second-order valence-corrected chi connectivity index (χ2v) is 5.86. The van der Waals surface area contributed by atoms with Crippen LogP contribution in [0.3, 0.4) is 0 Å². The lowest BCUT2D eigenvalue weighted by atomic mass is 9.96. The third-order valence-electron chi connectivity index (χ3n) is 3.32. The van der Waals surface area contributed by atoms with E-state index in [2.05, 4.69) is 37.5 Å². The Hall–Kier alpha value is -1.06. The highest BCUT2D eigenvalue weighted by Gasteiger charge is 2.15. The molecule has 0 aliphatic rings. The second kappa shape index (κ2) is 6.59. The molecular weight excluding hydrogens is 291 g/mol. The summed E-state index contributed by atoms with van der Waals surface area (Å²) in [7, 11) is 0. The number of halogens is 2. The van der Waals surface area contributed by atoms with Gasteiger partial charge in [-0.15, -0.1) is 0 Å². The van der Waals surface area contributed by atoms with Gasteiger partial charge < -0.3 is 0 Å². The fourth-order valence-corrected chi connectivity index (χ4v) is 2.97. The summed E-state index contributed by atoms with van der Waals surface area (Å²) in [4.78, 5) is 0. The normalized spacial score (nSPS) is 12.4. The lowest BCUT2D eigenvalue weighted by molar-refractivity contribution is 0.551. The summed E-state index contributed by atoms with van der Waals surface area (Å²) >= 11 is 12.5. The molecule has 0 bridgehead atoms. The SMILES string of the molecule is Cc1cc(C)cc(C(Cc2c(Cl)cccc2Cl)NN)c1. The molecule has 2 aromatic carbocycles.